The summed E-state index contributed by atoms with van der Waals surface area (Å²) < 4.78 is 57.8. The van der Waals surface area contributed by atoms with Gasteiger partial charge in [-0.2, -0.15) is 0 Å². The molecule has 13 rings (SSSR count). The first-order valence-electron chi connectivity index (χ1n) is 27.5. The van der Waals surface area contributed by atoms with Crippen molar-refractivity contribution >= 4 is 17.9 Å². The van der Waals surface area contributed by atoms with Crippen molar-refractivity contribution in [3.8, 4) is 0 Å². The first-order valence-corrected chi connectivity index (χ1v) is 27.5. The van der Waals surface area contributed by atoms with Gasteiger partial charge < -0.3 is 42.6 Å². The molecule has 406 valence electrons. The smallest absolute Gasteiger partial charge is 0.322 e. The third kappa shape index (κ3) is 8.89. The van der Waals surface area contributed by atoms with Crippen molar-refractivity contribution in [2.75, 3.05) is 33.4 Å². The van der Waals surface area contributed by atoms with Crippen molar-refractivity contribution in [3.63, 3.8) is 0 Å². The Morgan fingerprint density at radius 3 is 1.61 bits per heavy atom. The fourth-order valence-corrected chi connectivity index (χ4v) is 16.3. The van der Waals surface area contributed by atoms with Gasteiger partial charge in [-0.25, -0.2) is 29.3 Å². The number of ether oxygens (including phenoxy) is 9. The molecule has 72 heavy (non-hydrogen) atoms. The fourth-order valence-electron chi connectivity index (χ4n) is 16.3. The molecule has 19 nitrogen and oxygen atoms in total. The van der Waals surface area contributed by atoms with Gasteiger partial charge in [0, 0.05) is 48.9 Å². The second-order valence-electron chi connectivity index (χ2n) is 24.8. The Labute approximate surface area is 423 Å². The second-order valence-corrected chi connectivity index (χ2v) is 24.8. The molecule has 10 heterocycles. The molecule has 0 N–H and O–H groups in total. The summed E-state index contributed by atoms with van der Waals surface area (Å²) >= 11 is 0. The Morgan fingerprint density at radius 2 is 1.07 bits per heavy atom. The average Bonchev–Trinajstić information content (AvgIpc) is 3.76. The van der Waals surface area contributed by atoms with Crippen LogP contribution in [0.3, 0.4) is 0 Å². The highest BCUT2D eigenvalue weighted by molar-refractivity contribution is 5.78. The minimum atomic E-state index is -1.01. The van der Waals surface area contributed by atoms with Gasteiger partial charge in [0.2, 0.25) is 29.9 Å². The molecule has 3 saturated carbocycles. The number of esters is 3. The summed E-state index contributed by atoms with van der Waals surface area (Å²) in [6.07, 6.45) is 5.53. The second kappa shape index (κ2) is 19.4. The van der Waals surface area contributed by atoms with E-state index in [-0.39, 0.29) is 59.9 Å². The van der Waals surface area contributed by atoms with Gasteiger partial charge in [-0.3, -0.25) is 19.3 Å². The Balaban J connectivity index is 0.792. The molecule has 13 fully saturated rings. The Kier molecular flexibility index (Phi) is 14.0. The molecule has 24 atom stereocenters. The highest BCUT2D eigenvalue weighted by Gasteiger charge is 2.72. The predicted octanol–water partition coefficient (Wildman–Crippen LogP) is 7.08. The molecule has 0 radical (unpaired) electrons. The number of carbonyl (C=O) groups is 3. The zero-order valence-corrected chi connectivity index (χ0v) is 44.1. The summed E-state index contributed by atoms with van der Waals surface area (Å²) in [6.45, 7) is 17.1. The lowest BCUT2D eigenvalue weighted by Gasteiger charge is -2.60. The maximum absolute atomic E-state index is 14.3. The van der Waals surface area contributed by atoms with Crippen molar-refractivity contribution in [3.05, 3.63) is 0 Å². The summed E-state index contributed by atoms with van der Waals surface area (Å²) in [6, 6.07) is 0. The molecular weight excluding hydrogens is 939 g/mol. The zero-order valence-electron chi connectivity index (χ0n) is 44.1. The topological polar surface area (TPSA) is 193 Å². The van der Waals surface area contributed by atoms with E-state index in [1.807, 2.05) is 34.6 Å². The van der Waals surface area contributed by atoms with Gasteiger partial charge in [-0.15, -0.1) is 0 Å². The van der Waals surface area contributed by atoms with Gasteiger partial charge in [0.05, 0.1) is 32.8 Å². The van der Waals surface area contributed by atoms with E-state index in [1.54, 1.807) is 0 Å². The standard InChI is InChI=1S/C53H81NO18/c1-27-11-14-34-30(4)39(60-46-43(34)33(27)17-20-49(7,65-46)68-58-10)26-59-40(55)23-54(24-41(56)61-44-31(5)37-15-12-28(2)35-18-21-50(8)66-47(63-44)52(35,37)71-69-50)25-42(57)62-45-32(6)38-16-13-29(3)36-19-22-51(9)67-48(64-45)53(36,38)72-70-51/h27-39,43-48H,11-26H2,1-10H3/t27-,28-,29-,30-,31-,32-,33+,34+,35+,36+,37+,38+,39+,43?,44-,45?,46-,47-,48-,49?,50+,51+,52-,53-/m1/s1. The first kappa shape index (κ1) is 52.0. The number of carbonyl (C=O) groups excluding carboxylic acids is 3. The zero-order chi connectivity index (χ0) is 50.7. The first-order chi connectivity index (χ1) is 34.3. The fraction of sp³-hybridized carbons (Fsp3) is 0.943. The van der Waals surface area contributed by atoms with Crippen LogP contribution in [0.25, 0.3) is 0 Å². The molecule has 0 aromatic rings. The summed E-state index contributed by atoms with van der Waals surface area (Å²) in [7, 11) is 1.47. The quantitative estimate of drug-likeness (QED) is 0.0833. The van der Waals surface area contributed by atoms with Gasteiger partial charge in [-0.1, -0.05) is 48.0 Å². The normalized spacial score (nSPS) is 52.1. The maximum Gasteiger partial charge on any atom is 0.322 e. The van der Waals surface area contributed by atoms with Crippen LogP contribution < -0.4 is 0 Å². The average molecular weight is 1020 g/mol. The van der Waals surface area contributed by atoms with E-state index in [0.717, 1.165) is 57.8 Å². The van der Waals surface area contributed by atoms with Crippen LogP contribution >= 0.6 is 0 Å². The van der Waals surface area contributed by atoms with Crippen molar-refractivity contribution < 1.29 is 86.3 Å². The number of fused-ring (bicyclic) bond motifs is 4. The van der Waals surface area contributed by atoms with Crippen LogP contribution in [0.1, 0.15) is 139 Å². The number of nitrogens with zero attached hydrogens (tertiary/aromatic N) is 1. The molecule has 4 bridgehead atoms. The molecule has 10 aliphatic heterocycles. The lowest BCUT2D eigenvalue weighted by Crippen LogP contribution is -2.70. The van der Waals surface area contributed by atoms with Crippen LogP contribution in [-0.4, -0.2) is 122 Å². The number of hydrogen-bond donors (Lipinski definition) is 0. The van der Waals surface area contributed by atoms with E-state index in [1.165, 1.54) is 12.0 Å². The highest BCUT2D eigenvalue weighted by Crippen LogP contribution is 2.63. The monoisotopic (exact) mass is 1020 g/mol. The van der Waals surface area contributed by atoms with E-state index in [4.69, 9.17) is 72.0 Å². The van der Waals surface area contributed by atoms with Gasteiger partial charge in [0.25, 0.3) is 0 Å². The molecule has 19 heteroatoms. The minimum Gasteiger partial charge on any atom is -0.462 e. The van der Waals surface area contributed by atoms with Crippen LogP contribution in [0.4, 0.5) is 0 Å². The number of rotatable bonds is 12. The predicted molar refractivity (Wildman–Crippen MR) is 247 cm³/mol. The lowest BCUT2D eigenvalue weighted by atomic mass is 9.58. The van der Waals surface area contributed by atoms with Crippen molar-refractivity contribution in [1.29, 1.82) is 0 Å². The van der Waals surface area contributed by atoms with Crippen LogP contribution in [-0.2, 0) is 86.3 Å². The molecular formula is C53H81NO18. The summed E-state index contributed by atoms with van der Waals surface area (Å²) in [5.41, 5.74) is -1.69. The molecule has 13 aliphatic rings. The molecule has 3 unspecified atom stereocenters. The summed E-state index contributed by atoms with van der Waals surface area (Å²) in [5.74, 6) is -3.48. The van der Waals surface area contributed by atoms with Crippen LogP contribution in [0.2, 0.25) is 0 Å². The Bertz CT molecular complexity index is 1940. The van der Waals surface area contributed by atoms with Crippen molar-refractivity contribution in [1.82, 2.24) is 4.90 Å². The molecule has 3 aliphatic carbocycles. The van der Waals surface area contributed by atoms with Crippen LogP contribution in [0.5, 0.6) is 0 Å². The third-order valence-electron chi connectivity index (χ3n) is 20.3. The van der Waals surface area contributed by atoms with Gasteiger partial charge in [0.1, 0.15) is 6.61 Å². The maximum atomic E-state index is 14.3. The Hall–Kier alpha value is -2.11. The molecule has 0 aromatic carbocycles. The largest absolute Gasteiger partial charge is 0.462 e. The Morgan fingerprint density at radius 1 is 0.542 bits per heavy atom. The highest BCUT2D eigenvalue weighted by atomic mass is 17.3. The van der Waals surface area contributed by atoms with E-state index in [9.17, 15) is 14.4 Å². The summed E-state index contributed by atoms with van der Waals surface area (Å²) in [5, 5.41) is 0. The SMILES string of the molecule is COOC1(C)CC[C@@H]2C3[C@H](O[C@@H](COC(=O)CN(CC(=O)OC4O[C@@H]5O[C@]6(C)CC[C@H]7[C@H](C)CC[C@@H]([C@H]4C)[C@@]57OO6)CC(=O)O[C@@H]4O[C@@H]5O[C@]6(C)CC[C@H]7[C@H](C)CC[C@@H]([C@H]4C)[C@@]57OO6)[C@H](C)[C@@H]3CC[C@H]2C)O1. The lowest BCUT2D eigenvalue weighted by molar-refractivity contribution is -0.576. The van der Waals surface area contributed by atoms with E-state index in [2.05, 4.69) is 27.7 Å². The van der Waals surface area contributed by atoms with Crippen LogP contribution in [0.15, 0.2) is 0 Å². The summed E-state index contributed by atoms with van der Waals surface area (Å²) in [4.78, 5) is 79.3. The van der Waals surface area contributed by atoms with E-state index < -0.39 is 104 Å². The minimum absolute atomic E-state index is 0.0571. The molecule has 2 spiro atoms. The van der Waals surface area contributed by atoms with Gasteiger partial charge >= 0.3 is 17.9 Å². The molecule has 10 saturated heterocycles. The van der Waals surface area contributed by atoms with Crippen molar-refractivity contribution in [2.45, 2.75) is 205 Å². The van der Waals surface area contributed by atoms with E-state index >= 15 is 0 Å². The van der Waals surface area contributed by atoms with E-state index in [0.29, 0.717) is 42.9 Å². The molecule has 0 aromatic heterocycles. The van der Waals surface area contributed by atoms with Crippen LogP contribution in [0, 0.1) is 76.9 Å². The van der Waals surface area contributed by atoms with Crippen molar-refractivity contribution in [2.24, 2.45) is 76.9 Å². The number of hydrogen-bond acceptors (Lipinski definition) is 19. The van der Waals surface area contributed by atoms with Gasteiger partial charge in [0.15, 0.2) is 30.1 Å². The molecule has 0 amide bonds. The third-order valence-corrected chi connectivity index (χ3v) is 20.3. The van der Waals surface area contributed by atoms with Gasteiger partial charge in [-0.05, 0) is 119 Å².